The molecule has 1 aromatic carbocycles. The van der Waals surface area contributed by atoms with Crippen molar-refractivity contribution < 1.29 is 19.0 Å². The first-order valence-corrected chi connectivity index (χ1v) is 10.1. The van der Waals surface area contributed by atoms with Gasteiger partial charge in [-0.1, -0.05) is 19.3 Å². The fourth-order valence-electron chi connectivity index (χ4n) is 3.29. The zero-order valence-electron chi connectivity index (χ0n) is 16.0. The maximum Gasteiger partial charge on any atom is 0.264 e. The van der Waals surface area contributed by atoms with Crippen molar-refractivity contribution in [1.82, 2.24) is 5.32 Å². The molecule has 1 aromatic rings. The molecule has 1 amide bonds. The predicted octanol–water partition coefficient (Wildman–Crippen LogP) is 4.00. The number of carbonyl (C=O) groups excluding carboxylic acids is 1. The molecule has 1 aliphatic carbocycles. The van der Waals surface area contributed by atoms with E-state index in [1.807, 2.05) is 25.1 Å². The molecule has 1 saturated heterocycles. The Morgan fingerprint density at radius 3 is 2.44 bits per heavy atom. The molecule has 0 atom stereocenters. The highest BCUT2D eigenvalue weighted by Crippen LogP contribution is 2.40. The van der Waals surface area contributed by atoms with E-state index >= 15 is 0 Å². The van der Waals surface area contributed by atoms with Crippen LogP contribution in [0.15, 0.2) is 22.0 Å². The van der Waals surface area contributed by atoms with Crippen molar-refractivity contribution in [2.45, 2.75) is 45.1 Å². The summed E-state index contributed by atoms with van der Waals surface area (Å²) < 4.78 is 16.5. The first kappa shape index (κ1) is 19.6. The molecule has 27 heavy (non-hydrogen) atoms. The summed E-state index contributed by atoms with van der Waals surface area (Å²) >= 11 is 1.39. The normalized spacial score (nSPS) is 20.8. The monoisotopic (exact) mass is 390 g/mol. The average molecular weight is 391 g/mol. The highest BCUT2D eigenvalue weighted by Gasteiger charge is 2.25. The third kappa shape index (κ3) is 4.77. The maximum absolute atomic E-state index is 12.3. The number of thioether (sulfide) groups is 1. The summed E-state index contributed by atoms with van der Waals surface area (Å²) in [5.41, 5.74) is 0.809. The number of ether oxygens (including phenoxy) is 3. The van der Waals surface area contributed by atoms with E-state index in [1.165, 1.54) is 31.0 Å². The number of carbonyl (C=O) groups is 1. The van der Waals surface area contributed by atoms with Crippen molar-refractivity contribution in [2.75, 3.05) is 20.8 Å². The summed E-state index contributed by atoms with van der Waals surface area (Å²) in [4.78, 5) is 17.7. The second-order valence-corrected chi connectivity index (χ2v) is 7.51. The maximum atomic E-state index is 12.3. The van der Waals surface area contributed by atoms with Gasteiger partial charge in [0.15, 0.2) is 16.7 Å². The molecule has 2 aliphatic rings. The number of nitrogens with zero attached hydrogens (tertiary/aromatic N) is 1. The minimum atomic E-state index is -0.124. The summed E-state index contributed by atoms with van der Waals surface area (Å²) in [5, 5.41) is 3.58. The summed E-state index contributed by atoms with van der Waals surface area (Å²) in [6, 6.07) is 4.00. The summed E-state index contributed by atoms with van der Waals surface area (Å²) in [7, 11) is 3.17. The number of amides is 1. The number of nitrogens with one attached hydrogen (secondary N) is 1. The van der Waals surface area contributed by atoms with Gasteiger partial charge in [0.1, 0.15) is 0 Å². The third-order valence-corrected chi connectivity index (χ3v) is 5.52. The van der Waals surface area contributed by atoms with Crippen LogP contribution in [0, 0.1) is 0 Å². The van der Waals surface area contributed by atoms with Gasteiger partial charge in [0.2, 0.25) is 5.75 Å². The number of amidine groups is 1. The van der Waals surface area contributed by atoms with E-state index in [0.717, 1.165) is 18.4 Å². The highest BCUT2D eigenvalue weighted by atomic mass is 32.2. The van der Waals surface area contributed by atoms with Gasteiger partial charge < -0.3 is 19.5 Å². The first-order valence-electron chi connectivity index (χ1n) is 9.32. The molecule has 1 heterocycles. The highest BCUT2D eigenvalue weighted by molar-refractivity contribution is 8.18. The van der Waals surface area contributed by atoms with Crippen LogP contribution in [-0.2, 0) is 4.79 Å². The van der Waals surface area contributed by atoms with Crippen LogP contribution in [0.5, 0.6) is 17.2 Å². The number of hydrogen-bond acceptors (Lipinski definition) is 6. The molecule has 0 radical (unpaired) electrons. The second kappa shape index (κ2) is 9.17. The average Bonchev–Trinajstić information content (AvgIpc) is 3.02. The zero-order chi connectivity index (χ0) is 19.2. The summed E-state index contributed by atoms with van der Waals surface area (Å²) in [6.45, 7) is 2.41. The van der Waals surface area contributed by atoms with Gasteiger partial charge in [-0.05, 0) is 55.3 Å². The van der Waals surface area contributed by atoms with Crippen LogP contribution in [0.3, 0.4) is 0 Å². The Morgan fingerprint density at radius 1 is 1.19 bits per heavy atom. The molecular weight excluding hydrogens is 364 g/mol. The molecule has 0 spiro atoms. The molecule has 3 rings (SSSR count). The van der Waals surface area contributed by atoms with Crippen LogP contribution in [-0.4, -0.2) is 37.9 Å². The summed E-state index contributed by atoms with van der Waals surface area (Å²) in [6.07, 6.45) is 7.75. The lowest BCUT2D eigenvalue weighted by Gasteiger charge is -2.17. The largest absolute Gasteiger partial charge is 0.493 e. The fourth-order valence-corrected chi connectivity index (χ4v) is 4.18. The van der Waals surface area contributed by atoms with Crippen LogP contribution in [0.1, 0.15) is 44.6 Å². The quantitative estimate of drug-likeness (QED) is 0.744. The van der Waals surface area contributed by atoms with E-state index in [1.54, 1.807) is 14.2 Å². The molecule has 0 unspecified atom stereocenters. The number of hydrogen-bond donors (Lipinski definition) is 1. The van der Waals surface area contributed by atoms with Crippen molar-refractivity contribution >= 4 is 28.9 Å². The Labute approximate surface area is 164 Å². The van der Waals surface area contributed by atoms with E-state index in [4.69, 9.17) is 19.2 Å². The summed E-state index contributed by atoms with van der Waals surface area (Å²) in [5.74, 6) is 1.58. The molecule has 6 nitrogen and oxygen atoms in total. The van der Waals surface area contributed by atoms with Crippen LogP contribution < -0.4 is 19.5 Å². The molecule has 7 heteroatoms. The number of rotatable bonds is 6. The van der Waals surface area contributed by atoms with Crippen LogP contribution in [0.4, 0.5) is 0 Å². The van der Waals surface area contributed by atoms with Crippen molar-refractivity contribution in [3.63, 3.8) is 0 Å². The molecule has 146 valence electrons. The van der Waals surface area contributed by atoms with Gasteiger partial charge in [-0.3, -0.25) is 9.79 Å². The molecule has 1 aliphatic heterocycles. The number of aliphatic imine (C=N–C) groups is 1. The van der Waals surface area contributed by atoms with E-state index in [9.17, 15) is 4.79 Å². The lowest BCUT2D eigenvalue weighted by molar-refractivity contribution is -0.115. The van der Waals surface area contributed by atoms with E-state index < -0.39 is 0 Å². The minimum absolute atomic E-state index is 0.124. The lowest BCUT2D eigenvalue weighted by Crippen LogP contribution is -2.22. The van der Waals surface area contributed by atoms with Gasteiger partial charge in [-0.15, -0.1) is 0 Å². The Morgan fingerprint density at radius 2 is 1.85 bits per heavy atom. The Hall–Kier alpha value is -2.15. The first-order chi connectivity index (χ1) is 13.1. The molecule has 2 fully saturated rings. The SMILES string of the molecule is CCOc1c(OC)cc(/C=C2\SC(=NC3CCCCC3)NC2=O)cc1OC. The predicted molar refractivity (Wildman–Crippen MR) is 109 cm³/mol. The Balaban J connectivity index is 1.83. The van der Waals surface area contributed by atoms with Gasteiger partial charge in [-0.25, -0.2) is 0 Å². The van der Waals surface area contributed by atoms with Crippen LogP contribution >= 0.6 is 11.8 Å². The molecule has 0 aromatic heterocycles. The molecule has 0 bridgehead atoms. The zero-order valence-corrected chi connectivity index (χ0v) is 16.9. The van der Waals surface area contributed by atoms with Gasteiger partial charge in [0, 0.05) is 0 Å². The van der Waals surface area contributed by atoms with Crippen molar-refractivity contribution in [3.8, 4) is 17.2 Å². The minimum Gasteiger partial charge on any atom is -0.493 e. The standard InChI is InChI=1S/C20H26N2O4S/c1-4-26-18-15(24-2)10-13(11-16(18)25-3)12-17-19(23)22-20(27-17)21-14-8-6-5-7-9-14/h10-12,14H,4-9H2,1-3H3,(H,21,22,23)/b17-12-. The smallest absolute Gasteiger partial charge is 0.264 e. The Kier molecular flexibility index (Phi) is 6.66. The van der Waals surface area contributed by atoms with Gasteiger partial charge in [0.05, 0.1) is 31.8 Å². The van der Waals surface area contributed by atoms with Crippen LogP contribution in [0.2, 0.25) is 0 Å². The molecule has 1 N–H and O–H groups in total. The third-order valence-electron chi connectivity index (χ3n) is 4.59. The molecular formula is C20H26N2O4S. The topological polar surface area (TPSA) is 69.2 Å². The van der Waals surface area contributed by atoms with E-state index in [0.29, 0.717) is 40.0 Å². The lowest BCUT2D eigenvalue weighted by atomic mass is 9.96. The van der Waals surface area contributed by atoms with Crippen molar-refractivity contribution in [3.05, 3.63) is 22.6 Å². The van der Waals surface area contributed by atoms with Crippen molar-refractivity contribution in [2.24, 2.45) is 4.99 Å². The van der Waals surface area contributed by atoms with Gasteiger partial charge >= 0.3 is 0 Å². The van der Waals surface area contributed by atoms with Crippen molar-refractivity contribution in [1.29, 1.82) is 0 Å². The van der Waals surface area contributed by atoms with Gasteiger partial charge in [0.25, 0.3) is 5.91 Å². The van der Waals surface area contributed by atoms with E-state index in [2.05, 4.69) is 5.32 Å². The second-order valence-electron chi connectivity index (χ2n) is 6.48. The van der Waals surface area contributed by atoms with E-state index in [-0.39, 0.29) is 5.91 Å². The molecule has 1 saturated carbocycles. The number of benzene rings is 1. The Bertz CT molecular complexity index is 729. The fraction of sp³-hybridized carbons (Fsp3) is 0.500. The van der Waals surface area contributed by atoms with Crippen LogP contribution in [0.25, 0.3) is 6.08 Å². The van der Waals surface area contributed by atoms with Gasteiger partial charge in [-0.2, -0.15) is 0 Å². The number of methoxy groups -OCH3 is 2.